The van der Waals surface area contributed by atoms with Gasteiger partial charge in [0.15, 0.2) is 0 Å². The lowest BCUT2D eigenvalue weighted by molar-refractivity contribution is -0.137. The molecule has 2 rings (SSSR count). The van der Waals surface area contributed by atoms with Crippen molar-refractivity contribution in [2.75, 3.05) is 6.61 Å². The summed E-state index contributed by atoms with van der Waals surface area (Å²) in [7, 11) is 0. The van der Waals surface area contributed by atoms with Crippen molar-refractivity contribution in [3.8, 4) is 0 Å². The maximum absolute atomic E-state index is 12.1. The molecule has 0 fully saturated rings. The van der Waals surface area contributed by atoms with Crippen molar-refractivity contribution in [1.29, 1.82) is 0 Å². The van der Waals surface area contributed by atoms with Gasteiger partial charge in [-0.25, -0.2) is 4.79 Å². The van der Waals surface area contributed by atoms with Gasteiger partial charge in [-0.2, -0.15) is 4.99 Å². The maximum Gasteiger partial charge on any atom is 0.344 e. The molecule has 0 aromatic heterocycles. The molecule has 1 aliphatic rings. The predicted molar refractivity (Wildman–Crippen MR) is 86.1 cm³/mol. The summed E-state index contributed by atoms with van der Waals surface area (Å²) >= 11 is 0. The van der Waals surface area contributed by atoms with Gasteiger partial charge in [0.1, 0.15) is 11.4 Å². The smallest absolute Gasteiger partial charge is 0.344 e. The van der Waals surface area contributed by atoms with E-state index in [-0.39, 0.29) is 18.0 Å². The lowest BCUT2D eigenvalue weighted by Crippen LogP contribution is -2.31. The summed E-state index contributed by atoms with van der Waals surface area (Å²) in [6, 6.07) is 8.47. The highest BCUT2D eigenvalue weighted by Crippen LogP contribution is 2.13. The Morgan fingerprint density at radius 1 is 1.22 bits per heavy atom. The van der Waals surface area contributed by atoms with Crippen molar-refractivity contribution in [1.82, 2.24) is 10.9 Å². The summed E-state index contributed by atoms with van der Waals surface area (Å²) in [6.45, 7) is 3.68. The van der Waals surface area contributed by atoms with Crippen molar-refractivity contribution in [3.63, 3.8) is 0 Å². The number of nitrogens with zero attached hydrogens (tertiary/aromatic N) is 1. The SMILES string of the molecule is CCOC(=O)/C(C(N)=NC(=O)c1ccccc1)=C1\C=C(C)NN1. The molecule has 1 heterocycles. The molecule has 0 saturated carbocycles. The molecule has 0 unspecified atom stereocenters. The second-order valence-corrected chi connectivity index (χ2v) is 4.75. The van der Waals surface area contributed by atoms with E-state index >= 15 is 0 Å². The Hall–Kier alpha value is -3.09. The first-order chi connectivity index (χ1) is 11.0. The van der Waals surface area contributed by atoms with E-state index in [1.807, 2.05) is 6.92 Å². The average molecular weight is 314 g/mol. The van der Waals surface area contributed by atoms with E-state index in [4.69, 9.17) is 10.5 Å². The topological polar surface area (TPSA) is 106 Å². The summed E-state index contributed by atoms with van der Waals surface area (Å²) in [6.07, 6.45) is 1.68. The van der Waals surface area contributed by atoms with Gasteiger partial charge < -0.3 is 21.3 Å². The molecule has 0 spiro atoms. The van der Waals surface area contributed by atoms with Crippen LogP contribution in [0.1, 0.15) is 24.2 Å². The van der Waals surface area contributed by atoms with Crippen LogP contribution in [0.2, 0.25) is 0 Å². The maximum atomic E-state index is 12.1. The van der Waals surface area contributed by atoms with Crippen LogP contribution in [0.5, 0.6) is 0 Å². The Morgan fingerprint density at radius 2 is 1.91 bits per heavy atom. The van der Waals surface area contributed by atoms with Gasteiger partial charge in [-0.1, -0.05) is 18.2 Å². The van der Waals surface area contributed by atoms with Gasteiger partial charge in [-0.05, 0) is 32.1 Å². The fourth-order valence-corrected chi connectivity index (χ4v) is 1.96. The van der Waals surface area contributed by atoms with Gasteiger partial charge >= 0.3 is 5.97 Å². The Balaban J connectivity index is 2.38. The first kappa shape index (κ1) is 16.3. The summed E-state index contributed by atoms with van der Waals surface area (Å²) in [4.78, 5) is 28.1. The molecule has 7 nitrogen and oxygen atoms in total. The number of hydrazine groups is 1. The molecule has 1 aromatic rings. The monoisotopic (exact) mass is 314 g/mol. The number of amidine groups is 1. The van der Waals surface area contributed by atoms with E-state index in [0.29, 0.717) is 11.3 Å². The number of rotatable bonds is 4. The molecule has 1 aliphatic heterocycles. The lowest BCUT2D eigenvalue weighted by atomic mass is 10.1. The van der Waals surface area contributed by atoms with Crippen LogP contribution < -0.4 is 16.6 Å². The Morgan fingerprint density at radius 3 is 2.48 bits per heavy atom. The third-order valence-corrected chi connectivity index (χ3v) is 3.00. The molecule has 23 heavy (non-hydrogen) atoms. The molecule has 4 N–H and O–H groups in total. The number of hydrogen-bond acceptors (Lipinski definition) is 5. The molecule has 1 aromatic carbocycles. The zero-order chi connectivity index (χ0) is 16.8. The minimum absolute atomic E-state index is 0.0143. The van der Waals surface area contributed by atoms with Crippen LogP contribution in [0.3, 0.4) is 0 Å². The molecule has 1 amide bonds. The van der Waals surface area contributed by atoms with E-state index in [9.17, 15) is 9.59 Å². The van der Waals surface area contributed by atoms with Crippen LogP contribution in [0.25, 0.3) is 0 Å². The molecular weight excluding hydrogens is 296 g/mol. The number of aliphatic imine (C=N–C) groups is 1. The average Bonchev–Trinajstić information content (AvgIpc) is 2.94. The number of esters is 1. The quantitative estimate of drug-likeness (QED) is 0.331. The molecule has 0 radical (unpaired) electrons. The number of carbonyl (C=O) groups is 2. The van der Waals surface area contributed by atoms with E-state index < -0.39 is 11.9 Å². The molecule has 0 aliphatic carbocycles. The zero-order valence-electron chi connectivity index (χ0n) is 12.9. The number of amides is 1. The normalized spacial score (nSPS) is 16.1. The van der Waals surface area contributed by atoms with E-state index in [0.717, 1.165) is 5.70 Å². The standard InChI is InChI=1S/C16H18N4O3/c1-3-23-16(22)13(12-9-10(2)19-20-12)14(17)18-15(21)11-7-5-4-6-8-11/h4-9,19-20H,3H2,1-2H3,(H2,17,18,21)/b13-12+. The molecule has 0 bridgehead atoms. The summed E-state index contributed by atoms with van der Waals surface area (Å²) in [5, 5.41) is 0. The first-order valence-corrected chi connectivity index (χ1v) is 7.08. The highest BCUT2D eigenvalue weighted by atomic mass is 16.5. The van der Waals surface area contributed by atoms with Crippen LogP contribution in [0.15, 0.2) is 58.4 Å². The molecule has 7 heteroatoms. The van der Waals surface area contributed by atoms with Gasteiger partial charge in [0.25, 0.3) is 5.91 Å². The van der Waals surface area contributed by atoms with Crippen LogP contribution in [0.4, 0.5) is 0 Å². The van der Waals surface area contributed by atoms with Crippen LogP contribution in [-0.4, -0.2) is 24.3 Å². The van der Waals surface area contributed by atoms with Gasteiger partial charge in [0.05, 0.1) is 12.3 Å². The Kier molecular flexibility index (Phi) is 5.14. The number of ether oxygens (including phenoxy) is 1. The summed E-state index contributed by atoms with van der Waals surface area (Å²) < 4.78 is 4.99. The highest BCUT2D eigenvalue weighted by Gasteiger charge is 2.23. The van der Waals surface area contributed by atoms with Crippen LogP contribution >= 0.6 is 0 Å². The first-order valence-electron chi connectivity index (χ1n) is 7.08. The van der Waals surface area contributed by atoms with Gasteiger partial charge in [0.2, 0.25) is 0 Å². The third kappa shape index (κ3) is 3.97. The minimum Gasteiger partial charge on any atom is -0.462 e. The van der Waals surface area contributed by atoms with Gasteiger partial charge in [0, 0.05) is 11.3 Å². The van der Waals surface area contributed by atoms with E-state index in [1.165, 1.54) is 0 Å². The van der Waals surface area contributed by atoms with Crippen LogP contribution in [-0.2, 0) is 9.53 Å². The van der Waals surface area contributed by atoms with Crippen molar-refractivity contribution < 1.29 is 14.3 Å². The number of benzene rings is 1. The summed E-state index contributed by atoms with van der Waals surface area (Å²) in [5.41, 5.74) is 13.1. The number of allylic oxidation sites excluding steroid dienone is 2. The third-order valence-electron chi connectivity index (χ3n) is 3.00. The molecule has 120 valence electrons. The van der Waals surface area contributed by atoms with Gasteiger partial charge in [-0.15, -0.1) is 0 Å². The second-order valence-electron chi connectivity index (χ2n) is 4.75. The lowest BCUT2D eigenvalue weighted by Gasteiger charge is -2.09. The molecular formula is C16H18N4O3. The van der Waals surface area contributed by atoms with Crippen molar-refractivity contribution in [3.05, 3.63) is 58.9 Å². The minimum atomic E-state index is -0.648. The van der Waals surface area contributed by atoms with E-state index in [2.05, 4.69) is 15.8 Å². The summed E-state index contributed by atoms with van der Waals surface area (Å²) in [5.74, 6) is -1.38. The molecule has 0 saturated heterocycles. The fourth-order valence-electron chi connectivity index (χ4n) is 1.96. The number of nitrogens with two attached hydrogens (primary N) is 1. The Labute approximate surface area is 133 Å². The second kappa shape index (κ2) is 7.26. The fraction of sp³-hybridized carbons (Fsp3) is 0.188. The number of carbonyl (C=O) groups excluding carboxylic acids is 2. The van der Waals surface area contributed by atoms with Crippen molar-refractivity contribution in [2.24, 2.45) is 10.7 Å². The number of nitrogens with one attached hydrogen (secondary N) is 2. The number of hydrogen-bond donors (Lipinski definition) is 3. The zero-order valence-corrected chi connectivity index (χ0v) is 12.9. The predicted octanol–water partition coefficient (Wildman–Crippen LogP) is 1.01. The van der Waals surface area contributed by atoms with Crippen LogP contribution in [0, 0.1) is 0 Å². The highest BCUT2D eigenvalue weighted by molar-refractivity contribution is 6.22. The van der Waals surface area contributed by atoms with Crippen molar-refractivity contribution >= 4 is 17.7 Å². The molecule has 0 atom stereocenters. The Bertz CT molecular complexity index is 705. The van der Waals surface area contributed by atoms with Gasteiger partial charge in [-0.3, -0.25) is 4.79 Å². The van der Waals surface area contributed by atoms with Crippen molar-refractivity contribution in [2.45, 2.75) is 13.8 Å². The van der Waals surface area contributed by atoms with E-state index in [1.54, 1.807) is 43.3 Å². The largest absolute Gasteiger partial charge is 0.462 e.